The highest BCUT2D eigenvalue weighted by Gasteiger charge is 2.42. The van der Waals surface area contributed by atoms with Crippen LogP contribution in [0.3, 0.4) is 0 Å². The molecule has 0 spiro atoms. The van der Waals surface area contributed by atoms with Gasteiger partial charge in [-0.05, 0) is 38.1 Å². The highest BCUT2D eigenvalue weighted by Crippen LogP contribution is 2.45. The van der Waals surface area contributed by atoms with E-state index in [2.05, 4.69) is 38.0 Å². The summed E-state index contributed by atoms with van der Waals surface area (Å²) in [5.74, 6) is 0. The molecule has 94 valence electrons. The molecule has 2 unspecified atom stereocenters. The van der Waals surface area contributed by atoms with E-state index in [1.807, 2.05) is 0 Å². The summed E-state index contributed by atoms with van der Waals surface area (Å²) >= 11 is 2.22. The molecule has 0 bridgehead atoms. The molecule has 1 saturated heterocycles. The molecule has 2 atom stereocenters. The van der Waals surface area contributed by atoms with Crippen molar-refractivity contribution in [3.63, 3.8) is 0 Å². The lowest BCUT2D eigenvalue weighted by Gasteiger charge is -2.32. The molecule has 1 aliphatic heterocycles. The van der Waals surface area contributed by atoms with Gasteiger partial charge in [0, 0.05) is 29.8 Å². The molecule has 1 aliphatic carbocycles. The van der Waals surface area contributed by atoms with E-state index in [1.54, 1.807) is 0 Å². The fraction of sp³-hybridized carbons (Fsp3) is 1.00. The van der Waals surface area contributed by atoms with E-state index in [1.165, 1.54) is 25.7 Å². The van der Waals surface area contributed by atoms with Crippen molar-refractivity contribution in [3.05, 3.63) is 0 Å². The van der Waals surface area contributed by atoms with Crippen LogP contribution in [0.2, 0.25) is 0 Å². The summed E-state index contributed by atoms with van der Waals surface area (Å²) in [5, 5.41) is 5.19. The van der Waals surface area contributed by atoms with Gasteiger partial charge in [-0.2, -0.15) is 11.8 Å². The Bertz CT molecular complexity index is 226. The molecule has 0 amide bonds. The van der Waals surface area contributed by atoms with Crippen molar-refractivity contribution in [3.8, 4) is 0 Å². The van der Waals surface area contributed by atoms with Crippen molar-refractivity contribution in [2.45, 2.75) is 56.1 Å². The third-order valence-corrected chi connectivity index (χ3v) is 5.85. The van der Waals surface area contributed by atoms with E-state index in [9.17, 15) is 0 Å². The molecule has 2 nitrogen and oxygen atoms in total. The van der Waals surface area contributed by atoms with Crippen LogP contribution in [-0.2, 0) is 4.74 Å². The maximum absolute atomic E-state index is 5.43. The molecule has 2 aliphatic rings. The molecule has 2 fully saturated rings. The van der Waals surface area contributed by atoms with Gasteiger partial charge in [-0.15, -0.1) is 0 Å². The predicted molar refractivity (Wildman–Crippen MR) is 71.1 cm³/mol. The Hall–Kier alpha value is 0.270. The Morgan fingerprint density at radius 3 is 2.50 bits per heavy atom. The second-order valence-corrected chi connectivity index (χ2v) is 7.32. The van der Waals surface area contributed by atoms with Crippen LogP contribution in [0.4, 0.5) is 0 Å². The fourth-order valence-corrected chi connectivity index (χ4v) is 5.00. The van der Waals surface area contributed by atoms with E-state index in [0.29, 0.717) is 11.5 Å². The maximum Gasteiger partial charge on any atom is 0.0476 e. The number of rotatable bonds is 3. The van der Waals surface area contributed by atoms with Crippen LogP contribution in [0.1, 0.15) is 39.5 Å². The molecule has 0 aromatic heterocycles. The quantitative estimate of drug-likeness (QED) is 0.823. The van der Waals surface area contributed by atoms with Crippen LogP contribution in [-0.4, -0.2) is 36.8 Å². The maximum atomic E-state index is 5.43. The van der Waals surface area contributed by atoms with Gasteiger partial charge in [0.25, 0.3) is 0 Å². The van der Waals surface area contributed by atoms with Gasteiger partial charge in [0.15, 0.2) is 0 Å². The summed E-state index contributed by atoms with van der Waals surface area (Å²) in [5.41, 5.74) is 0.470. The van der Waals surface area contributed by atoms with Crippen LogP contribution in [0.25, 0.3) is 0 Å². The second-order valence-electron chi connectivity index (χ2n) is 5.78. The van der Waals surface area contributed by atoms with Crippen LogP contribution >= 0.6 is 11.8 Å². The Morgan fingerprint density at radius 1 is 1.19 bits per heavy atom. The second kappa shape index (κ2) is 5.28. The first-order chi connectivity index (χ1) is 7.63. The zero-order valence-corrected chi connectivity index (χ0v) is 11.6. The molecule has 0 aromatic carbocycles. The van der Waals surface area contributed by atoms with Crippen molar-refractivity contribution in [1.82, 2.24) is 5.32 Å². The summed E-state index contributed by atoms with van der Waals surface area (Å²) in [7, 11) is 2.12. The largest absolute Gasteiger partial charge is 0.381 e. The summed E-state index contributed by atoms with van der Waals surface area (Å²) in [6.45, 7) is 6.74. The number of hydrogen-bond acceptors (Lipinski definition) is 3. The highest BCUT2D eigenvalue weighted by molar-refractivity contribution is 8.00. The molecule has 1 heterocycles. The van der Waals surface area contributed by atoms with Crippen LogP contribution in [0.15, 0.2) is 0 Å². The molecule has 0 radical (unpaired) electrons. The van der Waals surface area contributed by atoms with E-state index in [4.69, 9.17) is 4.74 Å². The molecule has 1 N–H and O–H groups in total. The molecule has 2 rings (SSSR count). The van der Waals surface area contributed by atoms with Gasteiger partial charge in [-0.3, -0.25) is 0 Å². The lowest BCUT2D eigenvalue weighted by molar-refractivity contribution is 0.0999. The summed E-state index contributed by atoms with van der Waals surface area (Å²) in [4.78, 5) is 0. The lowest BCUT2D eigenvalue weighted by Crippen LogP contribution is -2.42. The average molecular weight is 243 g/mol. The van der Waals surface area contributed by atoms with Crippen LogP contribution in [0, 0.1) is 5.41 Å². The molecule has 0 aromatic rings. The van der Waals surface area contributed by atoms with Crippen LogP contribution in [0.5, 0.6) is 0 Å². The normalized spacial score (nSPS) is 35.4. The summed E-state index contributed by atoms with van der Waals surface area (Å²) < 4.78 is 5.43. The highest BCUT2D eigenvalue weighted by atomic mass is 32.2. The van der Waals surface area contributed by atoms with Crippen LogP contribution < -0.4 is 5.32 Å². The van der Waals surface area contributed by atoms with Gasteiger partial charge >= 0.3 is 0 Å². The SMILES string of the molecule is CNC1C(SC2CCOCC2)CCC1(C)C. The van der Waals surface area contributed by atoms with E-state index < -0.39 is 0 Å². The minimum absolute atomic E-state index is 0.470. The minimum Gasteiger partial charge on any atom is -0.381 e. The van der Waals surface area contributed by atoms with E-state index in [-0.39, 0.29) is 0 Å². The van der Waals surface area contributed by atoms with Crippen molar-refractivity contribution in [2.24, 2.45) is 5.41 Å². The Labute approximate surface area is 104 Å². The molecule has 1 saturated carbocycles. The number of ether oxygens (including phenoxy) is 1. The summed E-state index contributed by atoms with van der Waals surface area (Å²) in [6, 6.07) is 0.681. The van der Waals surface area contributed by atoms with Gasteiger partial charge in [0.1, 0.15) is 0 Å². The first-order valence-corrected chi connectivity index (χ1v) is 7.48. The zero-order valence-electron chi connectivity index (χ0n) is 10.8. The van der Waals surface area contributed by atoms with E-state index >= 15 is 0 Å². The van der Waals surface area contributed by atoms with Gasteiger partial charge in [-0.1, -0.05) is 13.8 Å². The smallest absolute Gasteiger partial charge is 0.0476 e. The van der Waals surface area contributed by atoms with Crippen molar-refractivity contribution < 1.29 is 4.74 Å². The number of nitrogens with one attached hydrogen (secondary N) is 1. The standard InChI is InChI=1S/C13H25NOS/c1-13(2)7-4-11(12(13)14-3)16-10-5-8-15-9-6-10/h10-12,14H,4-9H2,1-3H3. The summed E-state index contributed by atoms with van der Waals surface area (Å²) in [6.07, 6.45) is 5.23. The van der Waals surface area contributed by atoms with Gasteiger partial charge in [0.05, 0.1) is 0 Å². The lowest BCUT2D eigenvalue weighted by atomic mass is 9.87. The Balaban J connectivity index is 1.89. The van der Waals surface area contributed by atoms with Gasteiger partial charge in [0.2, 0.25) is 0 Å². The predicted octanol–water partition coefficient (Wildman–Crippen LogP) is 2.68. The number of thioether (sulfide) groups is 1. The molecular weight excluding hydrogens is 218 g/mol. The monoisotopic (exact) mass is 243 g/mol. The van der Waals surface area contributed by atoms with E-state index in [0.717, 1.165) is 23.7 Å². The third kappa shape index (κ3) is 2.74. The van der Waals surface area contributed by atoms with Gasteiger partial charge < -0.3 is 10.1 Å². The number of hydrogen-bond donors (Lipinski definition) is 1. The third-order valence-electron chi connectivity index (χ3n) is 4.13. The zero-order chi connectivity index (χ0) is 11.6. The Morgan fingerprint density at radius 2 is 1.88 bits per heavy atom. The van der Waals surface area contributed by atoms with Gasteiger partial charge in [-0.25, -0.2) is 0 Å². The molecule has 16 heavy (non-hydrogen) atoms. The molecule has 3 heteroatoms. The molecular formula is C13H25NOS. The van der Waals surface area contributed by atoms with Crippen molar-refractivity contribution in [2.75, 3.05) is 20.3 Å². The fourth-order valence-electron chi connectivity index (χ4n) is 3.12. The first kappa shape index (κ1) is 12.7. The minimum atomic E-state index is 0.470. The topological polar surface area (TPSA) is 21.3 Å². The van der Waals surface area contributed by atoms with Crippen molar-refractivity contribution in [1.29, 1.82) is 0 Å². The average Bonchev–Trinajstić information content (AvgIpc) is 2.55. The Kier molecular flexibility index (Phi) is 4.20. The van der Waals surface area contributed by atoms with Crippen molar-refractivity contribution >= 4 is 11.8 Å². The first-order valence-electron chi connectivity index (χ1n) is 6.54.